The third-order valence-corrected chi connectivity index (χ3v) is 3.99. The average molecular weight is 285 g/mol. The van der Waals surface area contributed by atoms with Crippen molar-refractivity contribution in [1.82, 2.24) is 10.3 Å². The van der Waals surface area contributed by atoms with Crippen LogP contribution in [0.5, 0.6) is 5.88 Å². The van der Waals surface area contributed by atoms with E-state index in [2.05, 4.69) is 17.2 Å². The van der Waals surface area contributed by atoms with Crippen molar-refractivity contribution >= 4 is 16.8 Å². The molecule has 5 nitrogen and oxygen atoms in total. The molecule has 1 fully saturated rings. The predicted molar refractivity (Wildman–Crippen MR) is 81.3 cm³/mol. The molecule has 5 heteroatoms. The normalized spacial score (nSPS) is 22.1. The van der Waals surface area contributed by atoms with Crippen LogP contribution in [0.15, 0.2) is 30.3 Å². The van der Waals surface area contributed by atoms with E-state index in [-0.39, 0.29) is 6.10 Å². The SMILES string of the molecule is CC1CCNCC1Oc1cc(C(N)=O)c2ccccc2n1. The van der Waals surface area contributed by atoms with E-state index in [1.807, 2.05) is 24.3 Å². The summed E-state index contributed by atoms with van der Waals surface area (Å²) < 4.78 is 5.99. The average Bonchev–Trinajstić information content (AvgIpc) is 2.48. The maximum atomic E-state index is 11.7. The van der Waals surface area contributed by atoms with Crippen molar-refractivity contribution in [2.75, 3.05) is 13.1 Å². The molecule has 1 amide bonds. The lowest BCUT2D eigenvalue weighted by molar-refractivity contribution is 0.0995. The topological polar surface area (TPSA) is 77.2 Å². The van der Waals surface area contributed by atoms with Gasteiger partial charge in [0.05, 0.1) is 11.1 Å². The monoisotopic (exact) mass is 285 g/mol. The molecule has 0 bridgehead atoms. The fourth-order valence-electron chi connectivity index (χ4n) is 2.69. The van der Waals surface area contributed by atoms with E-state index < -0.39 is 5.91 Å². The van der Waals surface area contributed by atoms with Crippen molar-refractivity contribution in [2.24, 2.45) is 11.7 Å². The minimum atomic E-state index is -0.465. The zero-order chi connectivity index (χ0) is 14.8. The first-order valence-electron chi connectivity index (χ1n) is 7.22. The fourth-order valence-corrected chi connectivity index (χ4v) is 2.69. The summed E-state index contributed by atoms with van der Waals surface area (Å²) in [5.41, 5.74) is 6.65. The van der Waals surface area contributed by atoms with Gasteiger partial charge in [0.2, 0.25) is 11.8 Å². The molecule has 0 radical (unpaired) electrons. The van der Waals surface area contributed by atoms with E-state index in [1.54, 1.807) is 6.07 Å². The van der Waals surface area contributed by atoms with Gasteiger partial charge in [0, 0.05) is 18.0 Å². The molecule has 2 atom stereocenters. The molecular formula is C16H19N3O2. The van der Waals surface area contributed by atoms with Crippen LogP contribution in [0.2, 0.25) is 0 Å². The minimum absolute atomic E-state index is 0.0631. The highest BCUT2D eigenvalue weighted by molar-refractivity contribution is 6.05. The first kappa shape index (κ1) is 13.8. The van der Waals surface area contributed by atoms with Crippen molar-refractivity contribution in [1.29, 1.82) is 0 Å². The molecular weight excluding hydrogens is 266 g/mol. The van der Waals surface area contributed by atoms with Gasteiger partial charge in [0.15, 0.2) is 0 Å². The van der Waals surface area contributed by atoms with Crippen LogP contribution < -0.4 is 15.8 Å². The molecule has 3 N–H and O–H groups in total. The number of fused-ring (bicyclic) bond motifs is 1. The molecule has 1 aliphatic rings. The number of piperidine rings is 1. The Bertz CT molecular complexity index is 672. The number of ether oxygens (including phenoxy) is 1. The number of nitrogens with zero attached hydrogens (tertiary/aromatic N) is 1. The number of hydrogen-bond donors (Lipinski definition) is 2. The highest BCUT2D eigenvalue weighted by Crippen LogP contribution is 2.24. The molecule has 0 spiro atoms. The molecule has 2 heterocycles. The van der Waals surface area contributed by atoms with Crippen LogP contribution in [0.1, 0.15) is 23.7 Å². The molecule has 1 aliphatic heterocycles. The van der Waals surface area contributed by atoms with Gasteiger partial charge < -0.3 is 15.8 Å². The summed E-state index contributed by atoms with van der Waals surface area (Å²) in [6, 6.07) is 9.10. The quantitative estimate of drug-likeness (QED) is 0.900. The number of nitrogens with two attached hydrogens (primary N) is 1. The van der Waals surface area contributed by atoms with Gasteiger partial charge in [-0.15, -0.1) is 0 Å². The Hall–Kier alpha value is -2.14. The maximum absolute atomic E-state index is 11.7. The summed E-state index contributed by atoms with van der Waals surface area (Å²) in [6.45, 7) is 3.97. The van der Waals surface area contributed by atoms with E-state index in [4.69, 9.17) is 10.5 Å². The van der Waals surface area contributed by atoms with Crippen molar-refractivity contribution in [3.63, 3.8) is 0 Å². The van der Waals surface area contributed by atoms with Gasteiger partial charge in [-0.3, -0.25) is 4.79 Å². The summed E-state index contributed by atoms with van der Waals surface area (Å²) in [7, 11) is 0. The summed E-state index contributed by atoms with van der Waals surface area (Å²) in [4.78, 5) is 16.1. The number of nitrogens with one attached hydrogen (secondary N) is 1. The number of rotatable bonds is 3. The van der Waals surface area contributed by atoms with E-state index in [0.717, 1.165) is 30.4 Å². The maximum Gasteiger partial charge on any atom is 0.249 e. The fraction of sp³-hybridized carbons (Fsp3) is 0.375. The smallest absolute Gasteiger partial charge is 0.249 e. The number of pyridine rings is 1. The minimum Gasteiger partial charge on any atom is -0.473 e. The highest BCUT2D eigenvalue weighted by Gasteiger charge is 2.23. The summed E-state index contributed by atoms with van der Waals surface area (Å²) in [5, 5.41) is 4.07. The Morgan fingerprint density at radius 3 is 3.00 bits per heavy atom. The first-order chi connectivity index (χ1) is 10.1. The predicted octanol–water partition coefficient (Wildman–Crippen LogP) is 1.71. The number of carbonyl (C=O) groups is 1. The van der Waals surface area contributed by atoms with Gasteiger partial charge in [-0.05, 0) is 24.9 Å². The second kappa shape index (κ2) is 5.69. The van der Waals surface area contributed by atoms with Crippen LogP contribution in [0.4, 0.5) is 0 Å². The molecule has 3 rings (SSSR count). The zero-order valence-electron chi connectivity index (χ0n) is 12.0. The summed E-state index contributed by atoms with van der Waals surface area (Å²) in [5.74, 6) is 0.452. The Balaban J connectivity index is 1.97. The first-order valence-corrected chi connectivity index (χ1v) is 7.22. The Morgan fingerprint density at radius 1 is 1.43 bits per heavy atom. The molecule has 1 aromatic carbocycles. The van der Waals surface area contributed by atoms with Crippen LogP contribution in [0.25, 0.3) is 10.9 Å². The van der Waals surface area contributed by atoms with Crippen LogP contribution in [0.3, 0.4) is 0 Å². The van der Waals surface area contributed by atoms with Gasteiger partial charge in [-0.1, -0.05) is 25.1 Å². The third kappa shape index (κ3) is 2.83. The molecule has 0 saturated carbocycles. The van der Waals surface area contributed by atoms with Gasteiger partial charge in [-0.25, -0.2) is 4.98 Å². The number of carbonyl (C=O) groups excluding carboxylic acids is 1. The van der Waals surface area contributed by atoms with Gasteiger partial charge in [0.1, 0.15) is 6.10 Å². The van der Waals surface area contributed by atoms with Crippen molar-refractivity contribution < 1.29 is 9.53 Å². The van der Waals surface area contributed by atoms with Crippen LogP contribution in [-0.4, -0.2) is 30.1 Å². The lowest BCUT2D eigenvalue weighted by Gasteiger charge is -2.29. The van der Waals surface area contributed by atoms with Crippen molar-refractivity contribution in [2.45, 2.75) is 19.4 Å². The lowest BCUT2D eigenvalue weighted by Crippen LogP contribution is -2.43. The van der Waals surface area contributed by atoms with Crippen LogP contribution in [-0.2, 0) is 0 Å². The zero-order valence-corrected chi connectivity index (χ0v) is 12.0. The molecule has 1 saturated heterocycles. The molecule has 1 aromatic heterocycles. The molecule has 0 aliphatic carbocycles. The second-order valence-corrected chi connectivity index (χ2v) is 5.52. The van der Waals surface area contributed by atoms with Crippen LogP contribution >= 0.6 is 0 Å². The number of amides is 1. The summed E-state index contributed by atoms with van der Waals surface area (Å²) in [6.07, 6.45) is 1.13. The van der Waals surface area contributed by atoms with E-state index in [9.17, 15) is 4.79 Å². The molecule has 2 unspecified atom stereocenters. The molecule has 2 aromatic rings. The third-order valence-electron chi connectivity index (χ3n) is 3.99. The molecule has 21 heavy (non-hydrogen) atoms. The largest absolute Gasteiger partial charge is 0.473 e. The van der Waals surface area contributed by atoms with Gasteiger partial charge >= 0.3 is 0 Å². The number of primary amides is 1. The number of aromatic nitrogens is 1. The van der Waals surface area contributed by atoms with Crippen LogP contribution in [0, 0.1) is 5.92 Å². The molecule has 110 valence electrons. The number of hydrogen-bond acceptors (Lipinski definition) is 4. The Labute approximate surface area is 123 Å². The van der Waals surface area contributed by atoms with E-state index in [1.165, 1.54) is 0 Å². The van der Waals surface area contributed by atoms with Gasteiger partial charge in [-0.2, -0.15) is 0 Å². The lowest BCUT2D eigenvalue weighted by atomic mass is 9.97. The van der Waals surface area contributed by atoms with E-state index in [0.29, 0.717) is 17.4 Å². The second-order valence-electron chi connectivity index (χ2n) is 5.52. The Morgan fingerprint density at radius 2 is 2.24 bits per heavy atom. The van der Waals surface area contributed by atoms with Crippen molar-refractivity contribution in [3.05, 3.63) is 35.9 Å². The number of benzene rings is 1. The highest BCUT2D eigenvalue weighted by atomic mass is 16.5. The standard InChI is InChI=1S/C16H19N3O2/c1-10-6-7-18-9-14(10)21-15-8-12(16(17)20)11-4-2-3-5-13(11)19-15/h2-5,8,10,14,18H,6-7,9H2,1H3,(H2,17,20). The Kier molecular flexibility index (Phi) is 3.75. The number of para-hydroxylation sites is 1. The van der Waals surface area contributed by atoms with Gasteiger partial charge in [0.25, 0.3) is 0 Å². The summed E-state index contributed by atoms with van der Waals surface area (Å²) >= 11 is 0. The van der Waals surface area contributed by atoms with E-state index >= 15 is 0 Å². The van der Waals surface area contributed by atoms with Crippen molar-refractivity contribution in [3.8, 4) is 5.88 Å².